The van der Waals surface area contributed by atoms with Crippen molar-refractivity contribution in [3.63, 3.8) is 0 Å². The molecule has 3 nitrogen and oxygen atoms in total. The number of aromatic nitrogens is 2. The zero-order chi connectivity index (χ0) is 16.2. The second kappa shape index (κ2) is 6.99. The van der Waals surface area contributed by atoms with Gasteiger partial charge < -0.3 is 5.32 Å². The summed E-state index contributed by atoms with van der Waals surface area (Å²) in [5, 5.41) is 8.85. The summed E-state index contributed by atoms with van der Waals surface area (Å²) >= 11 is 6.21. The van der Waals surface area contributed by atoms with Crippen LogP contribution in [0, 0.1) is 6.92 Å². The van der Waals surface area contributed by atoms with Crippen LogP contribution >= 0.6 is 11.6 Å². The number of rotatable bonds is 5. The number of nitrogens with zero attached hydrogens (tertiary/aromatic N) is 2. The van der Waals surface area contributed by atoms with Crippen molar-refractivity contribution in [3.05, 3.63) is 82.6 Å². The molecule has 3 aromatic rings. The molecule has 0 radical (unpaired) electrons. The van der Waals surface area contributed by atoms with Crippen LogP contribution < -0.4 is 5.32 Å². The van der Waals surface area contributed by atoms with Gasteiger partial charge >= 0.3 is 0 Å². The van der Waals surface area contributed by atoms with E-state index < -0.39 is 0 Å². The van der Waals surface area contributed by atoms with E-state index in [1.807, 2.05) is 53.3 Å². The Hall–Kier alpha value is -2.10. The van der Waals surface area contributed by atoms with Gasteiger partial charge in [0.25, 0.3) is 0 Å². The van der Waals surface area contributed by atoms with Crippen LogP contribution in [0.25, 0.3) is 5.69 Å². The molecule has 1 atom stereocenters. The van der Waals surface area contributed by atoms with Crippen molar-refractivity contribution in [3.8, 4) is 5.69 Å². The molecule has 1 aromatic heterocycles. The van der Waals surface area contributed by atoms with Crippen LogP contribution in [0.2, 0.25) is 5.02 Å². The number of nitrogens with one attached hydrogen (secondary N) is 1. The van der Waals surface area contributed by atoms with Crippen molar-refractivity contribution >= 4 is 11.6 Å². The highest BCUT2D eigenvalue weighted by Gasteiger charge is 2.14. The minimum Gasteiger partial charge on any atom is -0.306 e. The lowest BCUT2D eigenvalue weighted by Crippen LogP contribution is -2.18. The first-order valence-electron chi connectivity index (χ1n) is 7.73. The summed E-state index contributed by atoms with van der Waals surface area (Å²) < 4.78 is 1.98. The van der Waals surface area contributed by atoms with E-state index in [0.29, 0.717) is 0 Å². The zero-order valence-corrected chi connectivity index (χ0v) is 14.1. The van der Waals surface area contributed by atoms with E-state index in [1.165, 1.54) is 5.56 Å². The van der Waals surface area contributed by atoms with Crippen LogP contribution in [0.3, 0.4) is 0 Å². The lowest BCUT2D eigenvalue weighted by atomic mass is 10.1. The summed E-state index contributed by atoms with van der Waals surface area (Å²) in [7, 11) is 0. The number of para-hydroxylation sites is 1. The molecule has 2 aromatic carbocycles. The maximum atomic E-state index is 6.21. The fourth-order valence-corrected chi connectivity index (χ4v) is 2.89. The first kappa shape index (κ1) is 15.8. The fourth-order valence-electron chi connectivity index (χ4n) is 2.69. The van der Waals surface area contributed by atoms with Gasteiger partial charge in [0, 0.05) is 28.9 Å². The Labute approximate surface area is 141 Å². The average molecular weight is 326 g/mol. The van der Waals surface area contributed by atoms with Gasteiger partial charge in [-0.25, -0.2) is 4.68 Å². The fraction of sp³-hybridized carbons (Fsp3) is 0.211. The molecular weight excluding hydrogens is 306 g/mol. The van der Waals surface area contributed by atoms with Crippen LogP contribution in [0.4, 0.5) is 0 Å². The van der Waals surface area contributed by atoms with Gasteiger partial charge in [-0.2, -0.15) is 5.10 Å². The van der Waals surface area contributed by atoms with Gasteiger partial charge in [0.1, 0.15) is 0 Å². The molecule has 0 aliphatic heterocycles. The molecule has 23 heavy (non-hydrogen) atoms. The number of hydrogen-bond donors (Lipinski definition) is 1. The first-order valence-corrected chi connectivity index (χ1v) is 8.11. The predicted octanol–water partition coefficient (Wildman–Crippen LogP) is 4.68. The third-order valence-electron chi connectivity index (χ3n) is 4.07. The summed E-state index contributed by atoms with van der Waals surface area (Å²) in [5.41, 5.74) is 4.53. The SMILES string of the molecule is Cc1c(C(C)NCc2ccccc2Cl)cnn1-c1ccccc1. The minimum absolute atomic E-state index is 0.198. The normalized spacial score (nSPS) is 12.3. The predicted molar refractivity (Wildman–Crippen MR) is 95.0 cm³/mol. The van der Waals surface area contributed by atoms with Crippen molar-refractivity contribution in [1.82, 2.24) is 15.1 Å². The maximum absolute atomic E-state index is 6.21. The summed E-state index contributed by atoms with van der Waals surface area (Å²) in [5.74, 6) is 0. The number of halogens is 1. The zero-order valence-electron chi connectivity index (χ0n) is 13.3. The molecule has 0 saturated heterocycles. The third-order valence-corrected chi connectivity index (χ3v) is 4.44. The molecule has 118 valence electrons. The highest BCUT2D eigenvalue weighted by Crippen LogP contribution is 2.21. The van der Waals surface area contributed by atoms with Crippen LogP contribution in [0.1, 0.15) is 29.8 Å². The molecule has 0 aliphatic rings. The van der Waals surface area contributed by atoms with Gasteiger partial charge in [0.15, 0.2) is 0 Å². The van der Waals surface area contributed by atoms with Gasteiger partial charge in [-0.05, 0) is 37.6 Å². The molecule has 0 spiro atoms. The van der Waals surface area contributed by atoms with Gasteiger partial charge in [0.2, 0.25) is 0 Å². The Kier molecular flexibility index (Phi) is 4.79. The summed E-state index contributed by atoms with van der Waals surface area (Å²) in [4.78, 5) is 0. The molecule has 0 saturated carbocycles. The third kappa shape index (κ3) is 3.46. The second-order valence-corrected chi connectivity index (χ2v) is 6.03. The number of hydrogen-bond acceptors (Lipinski definition) is 2. The van der Waals surface area contributed by atoms with Crippen molar-refractivity contribution in [2.24, 2.45) is 0 Å². The van der Waals surface area contributed by atoms with E-state index in [2.05, 4.69) is 36.4 Å². The first-order chi connectivity index (χ1) is 11.2. The van der Waals surface area contributed by atoms with Crippen molar-refractivity contribution in [2.45, 2.75) is 26.4 Å². The van der Waals surface area contributed by atoms with Crippen molar-refractivity contribution in [2.75, 3.05) is 0 Å². The Morgan fingerprint density at radius 3 is 2.52 bits per heavy atom. The molecule has 0 aliphatic carbocycles. The molecule has 1 N–H and O–H groups in total. The Morgan fingerprint density at radius 1 is 1.09 bits per heavy atom. The molecule has 0 fully saturated rings. The Balaban J connectivity index is 1.75. The highest BCUT2D eigenvalue weighted by molar-refractivity contribution is 6.31. The molecule has 3 rings (SSSR count). The van der Waals surface area contributed by atoms with Crippen molar-refractivity contribution in [1.29, 1.82) is 0 Å². The van der Waals surface area contributed by atoms with Crippen LogP contribution in [0.5, 0.6) is 0 Å². The largest absolute Gasteiger partial charge is 0.306 e. The minimum atomic E-state index is 0.198. The van der Waals surface area contributed by atoms with Gasteiger partial charge in [-0.1, -0.05) is 48.0 Å². The summed E-state index contributed by atoms with van der Waals surface area (Å²) in [6, 6.07) is 18.3. The average Bonchev–Trinajstić information content (AvgIpc) is 2.96. The molecule has 1 heterocycles. The topological polar surface area (TPSA) is 29.9 Å². The molecule has 0 amide bonds. The van der Waals surface area contributed by atoms with Gasteiger partial charge in [-0.15, -0.1) is 0 Å². The molecule has 4 heteroatoms. The molecule has 1 unspecified atom stereocenters. The maximum Gasteiger partial charge on any atom is 0.0648 e. The van der Waals surface area contributed by atoms with E-state index in [1.54, 1.807) is 0 Å². The van der Waals surface area contributed by atoms with E-state index >= 15 is 0 Å². The smallest absolute Gasteiger partial charge is 0.0648 e. The monoisotopic (exact) mass is 325 g/mol. The van der Waals surface area contributed by atoms with E-state index in [-0.39, 0.29) is 6.04 Å². The second-order valence-electron chi connectivity index (χ2n) is 5.63. The number of benzene rings is 2. The summed E-state index contributed by atoms with van der Waals surface area (Å²) in [6.45, 7) is 4.98. The molecule has 0 bridgehead atoms. The molecular formula is C19H20ClN3. The Bertz CT molecular complexity index is 780. The van der Waals surface area contributed by atoms with Crippen molar-refractivity contribution < 1.29 is 0 Å². The van der Waals surface area contributed by atoms with E-state index in [4.69, 9.17) is 11.6 Å². The van der Waals surface area contributed by atoms with E-state index in [9.17, 15) is 0 Å². The highest BCUT2D eigenvalue weighted by atomic mass is 35.5. The standard InChI is InChI=1S/C19H20ClN3/c1-14(21-12-16-8-6-7-11-19(16)20)18-13-22-23(15(18)2)17-9-4-3-5-10-17/h3-11,13-14,21H,12H2,1-2H3. The van der Waals surface area contributed by atoms with Crippen LogP contribution in [-0.2, 0) is 6.54 Å². The Morgan fingerprint density at radius 2 is 1.78 bits per heavy atom. The van der Waals surface area contributed by atoms with Crippen LogP contribution in [0.15, 0.2) is 60.8 Å². The van der Waals surface area contributed by atoms with E-state index in [0.717, 1.165) is 28.5 Å². The van der Waals surface area contributed by atoms with Gasteiger partial charge in [0.05, 0.1) is 11.9 Å². The lowest BCUT2D eigenvalue weighted by Gasteiger charge is -2.15. The van der Waals surface area contributed by atoms with Gasteiger partial charge in [-0.3, -0.25) is 0 Å². The van der Waals surface area contributed by atoms with Crippen LogP contribution in [-0.4, -0.2) is 9.78 Å². The summed E-state index contributed by atoms with van der Waals surface area (Å²) in [6.07, 6.45) is 1.94. The lowest BCUT2D eigenvalue weighted by molar-refractivity contribution is 0.571. The quantitative estimate of drug-likeness (QED) is 0.737.